The average molecular weight is 424 g/mol. The number of hydrogen-bond acceptors (Lipinski definition) is 6. The summed E-state index contributed by atoms with van der Waals surface area (Å²) in [5.41, 5.74) is 3.33. The average Bonchev–Trinajstić information content (AvgIpc) is 3.19. The maximum atomic E-state index is 12.1. The normalized spacial score (nSPS) is 16.2. The summed E-state index contributed by atoms with van der Waals surface area (Å²) in [6, 6.07) is 15.7. The van der Waals surface area contributed by atoms with Gasteiger partial charge in [0.05, 0.1) is 6.04 Å². The minimum atomic E-state index is -0.314. The number of hydrogen-bond donors (Lipinski definition) is 1. The highest BCUT2D eigenvalue weighted by atomic mass is 35.5. The Kier molecular flexibility index (Phi) is 6.07. The standard InChI is InChI=1S/C21H18ClN5OS/c22-17-10-4-2-7-15(17)12-13-19(28)23-20-25-27-21(29-20)26-24-18-11-5-8-14-6-1-3-9-16(14)18/h1-4,6-7,9-10,12-13,18H,5,8,11H2,(H,23,25,28)/b13-12+,26-24+. The van der Waals surface area contributed by atoms with Gasteiger partial charge in [-0.1, -0.05) is 65.4 Å². The number of azo groups is 1. The molecule has 1 aliphatic rings. The zero-order valence-corrected chi connectivity index (χ0v) is 17.0. The number of carbonyl (C=O) groups excluding carboxylic acids is 1. The van der Waals surface area contributed by atoms with E-state index in [1.165, 1.54) is 28.5 Å². The highest BCUT2D eigenvalue weighted by Crippen LogP contribution is 2.34. The number of benzene rings is 2. The van der Waals surface area contributed by atoms with Gasteiger partial charge in [0.15, 0.2) is 0 Å². The summed E-state index contributed by atoms with van der Waals surface area (Å²) in [5, 5.41) is 20.7. The number of nitrogens with one attached hydrogen (secondary N) is 1. The predicted molar refractivity (Wildman–Crippen MR) is 116 cm³/mol. The molecule has 4 rings (SSSR count). The SMILES string of the molecule is O=C(/C=C/c1ccccc1Cl)Nc1nnc(/N=N/C2CCCc3ccccc32)s1. The Balaban J connectivity index is 1.38. The minimum absolute atomic E-state index is 0.0421. The molecule has 3 aromatic rings. The highest BCUT2D eigenvalue weighted by molar-refractivity contribution is 7.18. The van der Waals surface area contributed by atoms with Crippen LogP contribution in [-0.2, 0) is 11.2 Å². The number of halogens is 1. The van der Waals surface area contributed by atoms with Gasteiger partial charge in [0, 0.05) is 11.1 Å². The Bertz CT molecular complexity index is 1080. The van der Waals surface area contributed by atoms with Crippen LogP contribution < -0.4 is 5.32 Å². The fourth-order valence-corrected chi connectivity index (χ4v) is 3.97. The second-order valence-corrected chi connectivity index (χ2v) is 7.92. The molecular formula is C21H18ClN5OS. The topological polar surface area (TPSA) is 79.6 Å². The first-order chi connectivity index (χ1) is 14.2. The molecule has 2 aromatic carbocycles. The van der Waals surface area contributed by atoms with E-state index in [1.807, 2.05) is 24.3 Å². The summed E-state index contributed by atoms with van der Waals surface area (Å²) < 4.78 is 0. The molecule has 0 spiro atoms. The van der Waals surface area contributed by atoms with Crippen molar-refractivity contribution in [3.8, 4) is 0 Å². The van der Waals surface area contributed by atoms with Crippen molar-refractivity contribution in [2.45, 2.75) is 25.3 Å². The van der Waals surface area contributed by atoms with E-state index in [4.69, 9.17) is 11.6 Å². The number of anilines is 1. The van der Waals surface area contributed by atoms with Crippen LogP contribution in [0.3, 0.4) is 0 Å². The van der Waals surface area contributed by atoms with Crippen LogP contribution in [0.15, 0.2) is 64.8 Å². The molecule has 146 valence electrons. The monoisotopic (exact) mass is 423 g/mol. The molecule has 0 aliphatic heterocycles. The molecule has 0 saturated carbocycles. The number of nitrogens with zero attached hydrogens (tertiary/aromatic N) is 4. The smallest absolute Gasteiger partial charge is 0.253 e. The fourth-order valence-electron chi connectivity index (χ4n) is 3.20. The van der Waals surface area contributed by atoms with E-state index in [0.717, 1.165) is 24.8 Å². The molecule has 1 unspecified atom stereocenters. The van der Waals surface area contributed by atoms with Crippen LogP contribution in [0.25, 0.3) is 6.08 Å². The first kappa shape index (κ1) is 19.4. The van der Waals surface area contributed by atoms with Crippen molar-refractivity contribution in [2.24, 2.45) is 10.2 Å². The maximum Gasteiger partial charge on any atom is 0.253 e. The number of carbonyl (C=O) groups is 1. The first-order valence-electron chi connectivity index (χ1n) is 9.25. The molecule has 1 aliphatic carbocycles. The summed E-state index contributed by atoms with van der Waals surface area (Å²) in [5.74, 6) is -0.314. The zero-order valence-electron chi connectivity index (χ0n) is 15.5. The third-order valence-electron chi connectivity index (χ3n) is 4.58. The number of fused-ring (bicyclic) bond motifs is 1. The number of amides is 1. The lowest BCUT2D eigenvalue weighted by atomic mass is 9.88. The van der Waals surface area contributed by atoms with Gasteiger partial charge >= 0.3 is 0 Å². The second kappa shape index (κ2) is 9.07. The van der Waals surface area contributed by atoms with E-state index >= 15 is 0 Å². The van der Waals surface area contributed by atoms with E-state index < -0.39 is 0 Å². The van der Waals surface area contributed by atoms with Gasteiger partial charge in [-0.3, -0.25) is 10.1 Å². The molecule has 1 atom stereocenters. The van der Waals surface area contributed by atoms with Gasteiger partial charge in [0.2, 0.25) is 11.0 Å². The van der Waals surface area contributed by atoms with Crippen LogP contribution in [0.1, 0.15) is 35.6 Å². The molecule has 0 fully saturated rings. The molecule has 6 nitrogen and oxygen atoms in total. The van der Waals surface area contributed by atoms with Crippen LogP contribution >= 0.6 is 22.9 Å². The van der Waals surface area contributed by atoms with Crippen molar-refractivity contribution >= 4 is 45.2 Å². The predicted octanol–water partition coefficient (Wildman–Crippen LogP) is 6.00. The van der Waals surface area contributed by atoms with Crippen molar-refractivity contribution in [3.63, 3.8) is 0 Å². The van der Waals surface area contributed by atoms with Crippen LogP contribution in [0.2, 0.25) is 5.02 Å². The number of aromatic nitrogens is 2. The molecule has 1 aromatic heterocycles. The molecule has 1 N–H and O–H groups in total. The largest absolute Gasteiger partial charge is 0.297 e. The van der Waals surface area contributed by atoms with Gasteiger partial charge < -0.3 is 0 Å². The van der Waals surface area contributed by atoms with Gasteiger partial charge in [0.1, 0.15) is 0 Å². The van der Waals surface area contributed by atoms with Crippen molar-refractivity contribution in [1.29, 1.82) is 0 Å². The molecule has 29 heavy (non-hydrogen) atoms. The Hall–Kier alpha value is -2.90. The van der Waals surface area contributed by atoms with E-state index in [0.29, 0.717) is 15.3 Å². The lowest BCUT2D eigenvalue weighted by Crippen LogP contribution is -2.07. The Morgan fingerprint density at radius 3 is 2.90 bits per heavy atom. The highest BCUT2D eigenvalue weighted by Gasteiger charge is 2.19. The molecule has 0 bridgehead atoms. The van der Waals surface area contributed by atoms with E-state index in [2.05, 4.69) is 43.9 Å². The van der Waals surface area contributed by atoms with E-state index in [1.54, 1.807) is 12.1 Å². The summed E-state index contributed by atoms with van der Waals surface area (Å²) >= 11 is 7.26. The van der Waals surface area contributed by atoms with Crippen molar-refractivity contribution in [3.05, 3.63) is 76.3 Å². The summed E-state index contributed by atoms with van der Waals surface area (Å²) in [4.78, 5) is 12.1. The molecule has 1 heterocycles. The van der Waals surface area contributed by atoms with Gasteiger partial charge in [0.25, 0.3) is 5.13 Å². The van der Waals surface area contributed by atoms with Gasteiger partial charge in [-0.2, -0.15) is 5.11 Å². The Morgan fingerprint density at radius 2 is 2.00 bits per heavy atom. The van der Waals surface area contributed by atoms with Crippen molar-refractivity contribution in [1.82, 2.24) is 10.2 Å². The van der Waals surface area contributed by atoms with Crippen LogP contribution in [0.4, 0.5) is 10.3 Å². The fraction of sp³-hybridized carbons (Fsp3) is 0.190. The van der Waals surface area contributed by atoms with Crippen molar-refractivity contribution in [2.75, 3.05) is 5.32 Å². The lowest BCUT2D eigenvalue weighted by molar-refractivity contribution is -0.111. The maximum absolute atomic E-state index is 12.1. The summed E-state index contributed by atoms with van der Waals surface area (Å²) in [6.45, 7) is 0. The summed E-state index contributed by atoms with van der Waals surface area (Å²) in [7, 11) is 0. The molecule has 0 radical (unpaired) electrons. The number of rotatable bonds is 5. The van der Waals surface area contributed by atoms with Gasteiger partial charge in [-0.25, -0.2) is 0 Å². The quantitative estimate of drug-likeness (QED) is 0.403. The number of aryl methyl sites for hydroxylation is 1. The molecular weight excluding hydrogens is 406 g/mol. The zero-order chi connectivity index (χ0) is 20.1. The minimum Gasteiger partial charge on any atom is -0.297 e. The van der Waals surface area contributed by atoms with Crippen molar-refractivity contribution < 1.29 is 4.79 Å². The lowest BCUT2D eigenvalue weighted by Gasteiger charge is -2.20. The molecule has 0 saturated heterocycles. The van der Waals surface area contributed by atoms with Gasteiger partial charge in [-0.05, 0) is 48.1 Å². The van der Waals surface area contributed by atoms with E-state index in [-0.39, 0.29) is 11.9 Å². The Labute approximate surface area is 177 Å². The van der Waals surface area contributed by atoms with E-state index in [9.17, 15) is 4.79 Å². The Morgan fingerprint density at radius 1 is 1.17 bits per heavy atom. The van der Waals surface area contributed by atoms with Gasteiger partial charge in [-0.15, -0.1) is 15.3 Å². The van der Waals surface area contributed by atoms with Crippen LogP contribution in [-0.4, -0.2) is 16.1 Å². The second-order valence-electron chi connectivity index (χ2n) is 6.56. The third kappa shape index (κ3) is 4.93. The van der Waals surface area contributed by atoms with Crippen LogP contribution in [0.5, 0.6) is 0 Å². The third-order valence-corrected chi connectivity index (χ3v) is 5.65. The molecule has 1 amide bonds. The first-order valence-corrected chi connectivity index (χ1v) is 10.4. The summed E-state index contributed by atoms with van der Waals surface area (Å²) in [6.07, 6.45) is 6.20. The van der Waals surface area contributed by atoms with Crippen LogP contribution in [0, 0.1) is 0 Å². The molecule has 8 heteroatoms.